The van der Waals surface area contributed by atoms with Gasteiger partial charge in [-0.05, 0) is 37.7 Å². The zero-order valence-corrected chi connectivity index (χ0v) is 12.7. The molecule has 0 saturated heterocycles. The molecule has 21 heavy (non-hydrogen) atoms. The lowest BCUT2D eigenvalue weighted by Gasteiger charge is -2.29. The van der Waals surface area contributed by atoms with Gasteiger partial charge >= 0.3 is 11.9 Å². The molecule has 0 radical (unpaired) electrons. The fourth-order valence-electron chi connectivity index (χ4n) is 2.66. The average Bonchev–Trinajstić information content (AvgIpc) is 2.47. The van der Waals surface area contributed by atoms with E-state index in [1.54, 1.807) is 0 Å². The Morgan fingerprint density at radius 1 is 1.14 bits per heavy atom. The van der Waals surface area contributed by atoms with E-state index in [1.807, 2.05) is 44.2 Å². The van der Waals surface area contributed by atoms with Crippen molar-refractivity contribution in [3.63, 3.8) is 0 Å². The Balaban J connectivity index is 2.88. The molecule has 0 spiro atoms. The minimum atomic E-state index is -0.885. The van der Waals surface area contributed by atoms with E-state index in [0.29, 0.717) is 32.1 Å². The van der Waals surface area contributed by atoms with Crippen molar-refractivity contribution in [3.05, 3.63) is 35.9 Å². The van der Waals surface area contributed by atoms with Gasteiger partial charge in [-0.15, -0.1) is 0 Å². The molecule has 0 aromatic heterocycles. The number of carboxylic acid groups (broad SMARTS) is 2. The Hall–Kier alpha value is -1.84. The summed E-state index contributed by atoms with van der Waals surface area (Å²) < 4.78 is 0. The maximum atomic E-state index is 11.8. The second kappa shape index (κ2) is 7.81. The van der Waals surface area contributed by atoms with E-state index < -0.39 is 23.3 Å². The highest BCUT2D eigenvalue weighted by atomic mass is 16.4. The van der Waals surface area contributed by atoms with E-state index >= 15 is 0 Å². The molecule has 2 unspecified atom stereocenters. The number of aliphatic carboxylic acids is 2. The molecule has 0 fully saturated rings. The molecular formula is C17H24O4. The van der Waals surface area contributed by atoms with Crippen LogP contribution in [0, 0.1) is 11.3 Å². The van der Waals surface area contributed by atoms with Crippen LogP contribution in [0.1, 0.15) is 45.1 Å². The van der Waals surface area contributed by atoms with Gasteiger partial charge < -0.3 is 10.2 Å². The van der Waals surface area contributed by atoms with Crippen LogP contribution in [-0.4, -0.2) is 22.2 Å². The van der Waals surface area contributed by atoms with Crippen LogP contribution in [0.3, 0.4) is 0 Å². The topological polar surface area (TPSA) is 74.6 Å². The summed E-state index contributed by atoms with van der Waals surface area (Å²) in [5.74, 6) is -2.15. The first-order valence-electron chi connectivity index (χ1n) is 7.45. The monoisotopic (exact) mass is 292 g/mol. The number of carbonyl (C=O) groups is 2. The van der Waals surface area contributed by atoms with Gasteiger partial charge in [0.15, 0.2) is 0 Å². The number of hydrogen-bond donors (Lipinski definition) is 2. The Morgan fingerprint density at radius 2 is 1.76 bits per heavy atom. The van der Waals surface area contributed by atoms with Crippen LogP contribution in [-0.2, 0) is 16.0 Å². The molecule has 0 aliphatic heterocycles. The van der Waals surface area contributed by atoms with Gasteiger partial charge in [0, 0.05) is 0 Å². The molecule has 4 nitrogen and oxygen atoms in total. The van der Waals surface area contributed by atoms with E-state index in [4.69, 9.17) is 5.11 Å². The van der Waals surface area contributed by atoms with Gasteiger partial charge in [-0.25, -0.2) is 0 Å². The van der Waals surface area contributed by atoms with Crippen LogP contribution in [0.15, 0.2) is 30.3 Å². The van der Waals surface area contributed by atoms with Crippen molar-refractivity contribution in [2.45, 2.75) is 46.0 Å². The quantitative estimate of drug-likeness (QED) is 0.729. The van der Waals surface area contributed by atoms with Crippen molar-refractivity contribution < 1.29 is 19.8 Å². The third kappa shape index (κ3) is 4.59. The summed E-state index contributed by atoms with van der Waals surface area (Å²) in [6, 6.07) is 9.52. The van der Waals surface area contributed by atoms with Crippen molar-refractivity contribution in [2.75, 3.05) is 0 Å². The molecule has 1 aromatic rings. The van der Waals surface area contributed by atoms with E-state index in [0.717, 1.165) is 5.56 Å². The smallest absolute Gasteiger partial charge is 0.309 e. The molecule has 0 aliphatic rings. The fourth-order valence-corrected chi connectivity index (χ4v) is 2.66. The summed E-state index contributed by atoms with van der Waals surface area (Å²) in [7, 11) is 0. The normalized spacial score (nSPS) is 15.1. The van der Waals surface area contributed by atoms with Gasteiger partial charge in [0.2, 0.25) is 0 Å². The van der Waals surface area contributed by atoms with Gasteiger partial charge in [-0.1, -0.05) is 44.2 Å². The summed E-state index contributed by atoms with van der Waals surface area (Å²) in [6.45, 7) is 3.68. The highest BCUT2D eigenvalue weighted by molar-refractivity contribution is 5.75. The zero-order valence-electron chi connectivity index (χ0n) is 12.7. The van der Waals surface area contributed by atoms with Crippen molar-refractivity contribution in [2.24, 2.45) is 11.3 Å². The molecule has 0 aliphatic carbocycles. The molecule has 0 saturated carbocycles. The third-order valence-corrected chi connectivity index (χ3v) is 4.33. The van der Waals surface area contributed by atoms with Crippen molar-refractivity contribution in [3.8, 4) is 0 Å². The number of carboxylic acids is 2. The molecular weight excluding hydrogens is 268 g/mol. The Kier molecular flexibility index (Phi) is 6.40. The molecule has 116 valence electrons. The molecule has 1 rings (SSSR count). The van der Waals surface area contributed by atoms with E-state index in [1.165, 1.54) is 0 Å². The number of rotatable bonds is 9. The summed E-state index contributed by atoms with van der Waals surface area (Å²) in [6.07, 6.45) is 2.25. The van der Waals surface area contributed by atoms with Crippen LogP contribution in [0.25, 0.3) is 0 Å². The lowest BCUT2D eigenvalue weighted by Crippen LogP contribution is -2.34. The Morgan fingerprint density at radius 3 is 2.19 bits per heavy atom. The summed E-state index contributed by atoms with van der Waals surface area (Å²) in [4.78, 5) is 22.9. The predicted molar refractivity (Wildman–Crippen MR) is 81.2 cm³/mol. The SMILES string of the molecule is CCC(CCC(CC)(Cc1ccccc1)C(=O)O)C(=O)O. The molecule has 0 bridgehead atoms. The molecule has 1 aromatic carbocycles. The zero-order chi connectivity index (χ0) is 15.9. The van der Waals surface area contributed by atoms with Crippen LogP contribution < -0.4 is 0 Å². The van der Waals surface area contributed by atoms with Gasteiger partial charge in [-0.3, -0.25) is 9.59 Å². The second-order valence-electron chi connectivity index (χ2n) is 5.58. The Labute approximate surface area is 125 Å². The lowest BCUT2D eigenvalue weighted by atomic mass is 9.74. The Bertz CT molecular complexity index is 469. The standard InChI is InChI=1S/C17H24O4/c1-3-14(15(18)19)10-11-17(4-2,16(20)21)12-13-8-6-5-7-9-13/h5-9,14H,3-4,10-12H2,1-2H3,(H,18,19)(H,20,21). The minimum Gasteiger partial charge on any atom is -0.481 e. The first-order chi connectivity index (χ1) is 9.95. The van der Waals surface area contributed by atoms with Gasteiger partial charge in [-0.2, -0.15) is 0 Å². The van der Waals surface area contributed by atoms with Gasteiger partial charge in [0.1, 0.15) is 0 Å². The molecule has 2 atom stereocenters. The maximum Gasteiger partial charge on any atom is 0.309 e. The summed E-state index contributed by atoms with van der Waals surface area (Å²) in [5.41, 5.74) is 0.0923. The highest BCUT2D eigenvalue weighted by Crippen LogP contribution is 2.35. The van der Waals surface area contributed by atoms with Crippen molar-refractivity contribution in [1.29, 1.82) is 0 Å². The molecule has 2 N–H and O–H groups in total. The fraction of sp³-hybridized carbons (Fsp3) is 0.529. The predicted octanol–water partition coefficient (Wildman–Crippen LogP) is 3.60. The lowest BCUT2D eigenvalue weighted by molar-refractivity contribution is -0.151. The number of benzene rings is 1. The number of hydrogen-bond acceptors (Lipinski definition) is 2. The van der Waals surface area contributed by atoms with E-state index in [2.05, 4.69) is 0 Å². The largest absolute Gasteiger partial charge is 0.481 e. The summed E-state index contributed by atoms with van der Waals surface area (Å²) in [5, 5.41) is 18.8. The van der Waals surface area contributed by atoms with Crippen LogP contribution >= 0.6 is 0 Å². The summed E-state index contributed by atoms with van der Waals surface area (Å²) >= 11 is 0. The molecule has 4 heteroatoms. The second-order valence-corrected chi connectivity index (χ2v) is 5.58. The maximum absolute atomic E-state index is 11.8. The van der Waals surface area contributed by atoms with Crippen molar-refractivity contribution >= 4 is 11.9 Å². The molecule has 0 amide bonds. The highest BCUT2D eigenvalue weighted by Gasteiger charge is 2.37. The van der Waals surface area contributed by atoms with E-state index in [9.17, 15) is 14.7 Å². The molecule has 0 heterocycles. The van der Waals surface area contributed by atoms with Gasteiger partial charge in [0.05, 0.1) is 11.3 Å². The third-order valence-electron chi connectivity index (χ3n) is 4.33. The first kappa shape index (κ1) is 17.2. The minimum absolute atomic E-state index is 0.387. The van der Waals surface area contributed by atoms with E-state index in [-0.39, 0.29) is 0 Å². The van der Waals surface area contributed by atoms with Crippen LogP contribution in [0.5, 0.6) is 0 Å². The van der Waals surface area contributed by atoms with Crippen LogP contribution in [0.2, 0.25) is 0 Å². The average molecular weight is 292 g/mol. The van der Waals surface area contributed by atoms with Crippen molar-refractivity contribution in [1.82, 2.24) is 0 Å². The van der Waals surface area contributed by atoms with Gasteiger partial charge in [0.25, 0.3) is 0 Å². The first-order valence-corrected chi connectivity index (χ1v) is 7.45. The van der Waals surface area contributed by atoms with Crippen LogP contribution in [0.4, 0.5) is 0 Å².